The van der Waals surface area contributed by atoms with Crippen LogP contribution in [0.5, 0.6) is 11.5 Å². The molecule has 1 aliphatic heterocycles. The van der Waals surface area contributed by atoms with Gasteiger partial charge in [0.1, 0.15) is 31.1 Å². The average Bonchev–Trinajstić information content (AvgIpc) is 3.01. The van der Waals surface area contributed by atoms with Gasteiger partial charge in [-0.2, -0.15) is 0 Å². The first-order chi connectivity index (χ1) is 9.29. The number of aryl methyl sites for hydroxylation is 1. The molecule has 1 aromatic carbocycles. The Bertz CT molecular complexity index is 714. The maximum atomic E-state index is 5.56. The Balaban J connectivity index is 1.87. The number of aromatic nitrogens is 2. The molecule has 0 amide bonds. The van der Waals surface area contributed by atoms with Crippen molar-refractivity contribution >= 4 is 11.0 Å². The highest BCUT2D eigenvalue weighted by atomic mass is 16.6. The number of ether oxygens (including phenoxy) is 2. The van der Waals surface area contributed by atoms with E-state index < -0.39 is 0 Å². The molecule has 3 aromatic rings. The number of H-pyrrole nitrogens is 1. The molecular weight excluding hydrogens is 244 g/mol. The lowest BCUT2D eigenvalue weighted by molar-refractivity contribution is 0.172. The summed E-state index contributed by atoms with van der Waals surface area (Å²) in [5, 5.41) is 0. The zero-order chi connectivity index (χ0) is 12.8. The van der Waals surface area contributed by atoms with Gasteiger partial charge in [0.15, 0.2) is 11.5 Å². The summed E-state index contributed by atoms with van der Waals surface area (Å²) in [7, 11) is 0. The molecule has 19 heavy (non-hydrogen) atoms. The average molecular weight is 256 g/mol. The van der Waals surface area contributed by atoms with Crippen LogP contribution in [0.1, 0.15) is 5.76 Å². The largest absolute Gasteiger partial charge is 0.486 e. The van der Waals surface area contributed by atoms with E-state index in [-0.39, 0.29) is 0 Å². The van der Waals surface area contributed by atoms with E-state index in [1.807, 2.05) is 25.1 Å². The lowest BCUT2D eigenvalue weighted by atomic mass is 10.2. The highest BCUT2D eigenvalue weighted by Crippen LogP contribution is 2.34. The van der Waals surface area contributed by atoms with Gasteiger partial charge in [0.05, 0.1) is 16.6 Å². The third-order valence-electron chi connectivity index (χ3n) is 3.15. The number of hydrogen-bond acceptors (Lipinski definition) is 4. The van der Waals surface area contributed by atoms with E-state index in [0.717, 1.165) is 39.7 Å². The van der Waals surface area contributed by atoms with Crippen molar-refractivity contribution in [3.05, 3.63) is 30.2 Å². The first-order valence-electron chi connectivity index (χ1n) is 6.14. The summed E-state index contributed by atoms with van der Waals surface area (Å²) in [6.07, 6.45) is 1.69. The van der Waals surface area contributed by atoms with Gasteiger partial charge in [-0.05, 0) is 13.0 Å². The summed E-state index contributed by atoms with van der Waals surface area (Å²) < 4.78 is 16.4. The summed E-state index contributed by atoms with van der Waals surface area (Å²) in [5.41, 5.74) is 2.73. The van der Waals surface area contributed by atoms with Crippen LogP contribution in [-0.2, 0) is 0 Å². The molecule has 0 saturated carbocycles. The van der Waals surface area contributed by atoms with Gasteiger partial charge in [-0.25, -0.2) is 4.98 Å². The van der Waals surface area contributed by atoms with Crippen LogP contribution in [-0.4, -0.2) is 23.2 Å². The molecule has 0 atom stereocenters. The van der Waals surface area contributed by atoms with E-state index in [4.69, 9.17) is 13.9 Å². The van der Waals surface area contributed by atoms with E-state index in [1.165, 1.54) is 0 Å². The van der Waals surface area contributed by atoms with Crippen molar-refractivity contribution in [3.8, 4) is 22.9 Å². The van der Waals surface area contributed by atoms with Gasteiger partial charge in [0.2, 0.25) is 0 Å². The van der Waals surface area contributed by atoms with Gasteiger partial charge in [-0.1, -0.05) is 0 Å². The Hall–Kier alpha value is -2.43. The molecule has 1 N–H and O–H groups in total. The normalized spacial score (nSPS) is 13.9. The van der Waals surface area contributed by atoms with Crippen molar-refractivity contribution in [2.24, 2.45) is 0 Å². The Morgan fingerprint density at radius 1 is 1.11 bits per heavy atom. The predicted octanol–water partition coefficient (Wildman–Crippen LogP) is 2.90. The molecule has 0 spiro atoms. The lowest BCUT2D eigenvalue weighted by Gasteiger charge is -2.17. The van der Waals surface area contributed by atoms with E-state index in [1.54, 1.807) is 6.26 Å². The van der Waals surface area contributed by atoms with E-state index >= 15 is 0 Å². The van der Waals surface area contributed by atoms with Crippen molar-refractivity contribution in [2.45, 2.75) is 6.92 Å². The number of rotatable bonds is 1. The fourth-order valence-electron chi connectivity index (χ4n) is 2.25. The van der Waals surface area contributed by atoms with Crippen LogP contribution >= 0.6 is 0 Å². The van der Waals surface area contributed by atoms with Gasteiger partial charge in [-0.3, -0.25) is 0 Å². The first-order valence-corrected chi connectivity index (χ1v) is 6.14. The quantitative estimate of drug-likeness (QED) is 0.727. The second kappa shape index (κ2) is 3.78. The van der Waals surface area contributed by atoms with Crippen LogP contribution < -0.4 is 9.47 Å². The van der Waals surface area contributed by atoms with Crippen molar-refractivity contribution in [1.82, 2.24) is 9.97 Å². The number of fused-ring (bicyclic) bond motifs is 2. The number of nitrogens with one attached hydrogen (secondary N) is 1. The van der Waals surface area contributed by atoms with Crippen molar-refractivity contribution in [2.75, 3.05) is 13.2 Å². The number of nitrogens with zero attached hydrogens (tertiary/aromatic N) is 1. The van der Waals surface area contributed by atoms with Gasteiger partial charge in [0.25, 0.3) is 0 Å². The number of aromatic amines is 1. The Labute approximate surface area is 109 Å². The molecule has 5 nitrogen and oxygen atoms in total. The molecule has 5 heteroatoms. The van der Waals surface area contributed by atoms with Crippen LogP contribution in [0, 0.1) is 6.92 Å². The summed E-state index contributed by atoms with van der Waals surface area (Å²) in [5.74, 6) is 3.16. The Morgan fingerprint density at radius 2 is 1.89 bits per heavy atom. The molecule has 0 bridgehead atoms. The van der Waals surface area contributed by atoms with Crippen LogP contribution in [0.3, 0.4) is 0 Å². The van der Waals surface area contributed by atoms with Crippen molar-refractivity contribution in [3.63, 3.8) is 0 Å². The minimum atomic E-state index is 0.580. The number of hydrogen-bond donors (Lipinski definition) is 1. The Morgan fingerprint density at radius 3 is 2.63 bits per heavy atom. The molecule has 0 unspecified atom stereocenters. The summed E-state index contributed by atoms with van der Waals surface area (Å²) >= 11 is 0. The molecule has 2 aromatic heterocycles. The van der Waals surface area contributed by atoms with Crippen LogP contribution in [0.4, 0.5) is 0 Å². The molecule has 0 radical (unpaired) electrons. The first kappa shape index (κ1) is 10.5. The maximum Gasteiger partial charge on any atom is 0.163 e. The smallest absolute Gasteiger partial charge is 0.163 e. The van der Waals surface area contributed by atoms with Gasteiger partial charge < -0.3 is 18.9 Å². The fraction of sp³-hybridized carbons (Fsp3) is 0.214. The molecule has 0 saturated heterocycles. The fourth-order valence-corrected chi connectivity index (χ4v) is 2.25. The van der Waals surface area contributed by atoms with E-state index in [0.29, 0.717) is 13.2 Å². The highest BCUT2D eigenvalue weighted by molar-refractivity contribution is 5.83. The van der Waals surface area contributed by atoms with Crippen molar-refractivity contribution in [1.29, 1.82) is 0 Å². The van der Waals surface area contributed by atoms with Crippen LogP contribution in [0.15, 0.2) is 28.9 Å². The number of benzene rings is 1. The summed E-state index contributed by atoms with van der Waals surface area (Å²) in [6, 6.07) is 5.77. The molecule has 3 heterocycles. The van der Waals surface area contributed by atoms with Crippen LogP contribution in [0.25, 0.3) is 22.4 Å². The molecular formula is C14H12N2O3. The Kier molecular flexibility index (Phi) is 2.09. The topological polar surface area (TPSA) is 60.3 Å². The third-order valence-corrected chi connectivity index (χ3v) is 3.15. The minimum Gasteiger partial charge on any atom is -0.486 e. The molecule has 4 rings (SSSR count). The number of furan rings is 1. The number of imidazole rings is 1. The second-order valence-electron chi connectivity index (χ2n) is 4.54. The lowest BCUT2D eigenvalue weighted by Crippen LogP contribution is -2.15. The third kappa shape index (κ3) is 1.66. The monoisotopic (exact) mass is 256 g/mol. The SMILES string of the molecule is Cc1cc(-c2nc3cc4c(cc3[nH]2)OCCO4)co1. The summed E-state index contributed by atoms with van der Waals surface area (Å²) in [4.78, 5) is 7.82. The van der Waals surface area contributed by atoms with E-state index in [9.17, 15) is 0 Å². The van der Waals surface area contributed by atoms with Crippen molar-refractivity contribution < 1.29 is 13.9 Å². The molecule has 0 fully saturated rings. The molecule has 96 valence electrons. The standard InChI is InChI=1S/C14H12N2O3/c1-8-4-9(7-19-8)14-15-10-5-12-13(6-11(10)16-14)18-3-2-17-12/h4-7H,2-3H2,1H3,(H,15,16). The maximum absolute atomic E-state index is 5.56. The van der Waals surface area contributed by atoms with E-state index in [2.05, 4.69) is 9.97 Å². The molecule has 0 aliphatic carbocycles. The van der Waals surface area contributed by atoms with Gasteiger partial charge in [0, 0.05) is 12.1 Å². The van der Waals surface area contributed by atoms with Gasteiger partial charge >= 0.3 is 0 Å². The highest BCUT2D eigenvalue weighted by Gasteiger charge is 2.15. The predicted molar refractivity (Wildman–Crippen MR) is 69.5 cm³/mol. The zero-order valence-electron chi connectivity index (χ0n) is 10.4. The summed E-state index contributed by atoms with van der Waals surface area (Å²) in [6.45, 7) is 3.07. The zero-order valence-corrected chi connectivity index (χ0v) is 10.4. The molecule has 1 aliphatic rings. The van der Waals surface area contributed by atoms with Gasteiger partial charge in [-0.15, -0.1) is 0 Å². The minimum absolute atomic E-state index is 0.580. The second-order valence-corrected chi connectivity index (χ2v) is 4.54. The van der Waals surface area contributed by atoms with Crippen LogP contribution in [0.2, 0.25) is 0 Å².